The molecule has 0 N–H and O–H groups in total. The van der Waals surface area contributed by atoms with Crippen LogP contribution in [0.4, 0.5) is 0 Å². The molecule has 0 heterocycles. The maximum atomic E-state index is 11.7. The number of benzene rings is 1. The lowest BCUT2D eigenvalue weighted by Gasteiger charge is -2.11. The molecule has 0 aliphatic rings. The third-order valence-corrected chi connectivity index (χ3v) is 3.87. The van der Waals surface area contributed by atoms with Crippen molar-refractivity contribution in [1.29, 1.82) is 0 Å². The predicted molar refractivity (Wildman–Crippen MR) is 57.3 cm³/mol. The normalized spacial score (nSPS) is 11.7. The molecule has 1 aromatic rings. The summed E-state index contributed by atoms with van der Waals surface area (Å²) >= 11 is 0. The molecule has 0 amide bonds. The zero-order valence-electron chi connectivity index (χ0n) is 8.89. The first-order valence-electron chi connectivity index (χ1n) is 4.39. The maximum Gasteiger partial charge on any atom is 0.242 e. The molecular weight excluding hydrogens is 214 g/mol. The molecule has 0 atom stereocenters. The SMILES string of the molecule is CC(=O)c1ccc(S(=O)(=O)N(C)C)cc1. The fraction of sp³-hybridized carbons (Fsp3) is 0.300. The van der Waals surface area contributed by atoms with Crippen LogP contribution in [0.1, 0.15) is 17.3 Å². The summed E-state index contributed by atoms with van der Waals surface area (Å²) in [6, 6.07) is 5.90. The number of hydrogen-bond donors (Lipinski definition) is 0. The van der Waals surface area contributed by atoms with Crippen molar-refractivity contribution in [2.24, 2.45) is 0 Å². The molecule has 1 rings (SSSR count). The number of Topliss-reactive ketones (excluding diaryl/α,β-unsaturated/α-hetero) is 1. The third kappa shape index (κ3) is 2.43. The van der Waals surface area contributed by atoms with Crippen LogP contribution < -0.4 is 0 Å². The molecule has 0 aliphatic heterocycles. The highest BCUT2D eigenvalue weighted by molar-refractivity contribution is 7.89. The van der Waals surface area contributed by atoms with Crippen molar-refractivity contribution < 1.29 is 13.2 Å². The summed E-state index contributed by atoms with van der Waals surface area (Å²) in [5, 5.41) is 0. The fourth-order valence-corrected chi connectivity index (χ4v) is 1.97. The average Bonchev–Trinajstić information content (AvgIpc) is 2.17. The number of ketones is 1. The van der Waals surface area contributed by atoms with Gasteiger partial charge in [0.1, 0.15) is 0 Å². The number of carbonyl (C=O) groups excluding carboxylic acids is 1. The number of nitrogens with zero attached hydrogens (tertiary/aromatic N) is 1. The van der Waals surface area contributed by atoms with Crippen LogP contribution in [0.15, 0.2) is 29.2 Å². The summed E-state index contributed by atoms with van der Waals surface area (Å²) in [7, 11) is -0.464. The van der Waals surface area contributed by atoms with Crippen molar-refractivity contribution >= 4 is 15.8 Å². The molecule has 4 nitrogen and oxygen atoms in total. The molecule has 0 spiro atoms. The van der Waals surface area contributed by atoms with Crippen LogP contribution in [0, 0.1) is 0 Å². The molecule has 0 aliphatic carbocycles. The van der Waals surface area contributed by atoms with E-state index in [0.29, 0.717) is 5.56 Å². The van der Waals surface area contributed by atoms with Gasteiger partial charge in [-0.25, -0.2) is 12.7 Å². The van der Waals surface area contributed by atoms with E-state index < -0.39 is 10.0 Å². The highest BCUT2D eigenvalue weighted by Gasteiger charge is 2.16. The van der Waals surface area contributed by atoms with Gasteiger partial charge in [0.05, 0.1) is 4.90 Å². The van der Waals surface area contributed by atoms with E-state index in [0.717, 1.165) is 4.31 Å². The minimum Gasteiger partial charge on any atom is -0.295 e. The van der Waals surface area contributed by atoms with Gasteiger partial charge in [-0.1, -0.05) is 12.1 Å². The Morgan fingerprint density at radius 3 is 1.93 bits per heavy atom. The first-order chi connectivity index (χ1) is 6.85. The molecule has 0 radical (unpaired) electrons. The second-order valence-electron chi connectivity index (χ2n) is 3.37. The quantitative estimate of drug-likeness (QED) is 0.728. The maximum absolute atomic E-state index is 11.7. The van der Waals surface area contributed by atoms with E-state index in [1.54, 1.807) is 0 Å². The molecule has 0 saturated carbocycles. The van der Waals surface area contributed by atoms with Gasteiger partial charge < -0.3 is 0 Å². The molecule has 0 bridgehead atoms. The van der Waals surface area contributed by atoms with Crippen LogP contribution in [-0.4, -0.2) is 32.6 Å². The Morgan fingerprint density at radius 1 is 1.13 bits per heavy atom. The Hall–Kier alpha value is -1.20. The largest absolute Gasteiger partial charge is 0.295 e. The van der Waals surface area contributed by atoms with Crippen molar-refractivity contribution in [3.05, 3.63) is 29.8 Å². The zero-order chi connectivity index (χ0) is 11.6. The Labute approximate surface area is 89.6 Å². The lowest BCUT2D eigenvalue weighted by molar-refractivity contribution is 0.101. The van der Waals surface area contributed by atoms with Crippen molar-refractivity contribution in [3.63, 3.8) is 0 Å². The highest BCUT2D eigenvalue weighted by Crippen LogP contribution is 2.13. The topological polar surface area (TPSA) is 54.5 Å². The zero-order valence-corrected chi connectivity index (χ0v) is 9.71. The lowest BCUT2D eigenvalue weighted by Crippen LogP contribution is -2.22. The minimum atomic E-state index is -3.40. The second-order valence-corrected chi connectivity index (χ2v) is 5.52. The van der Waals surface area contributed by atoms with Gasteiger partial charge in [-0.05, 0) is 19.1 Å². The summed E-state index contributed by atoms with van der Waals surface area (Å²) in [5.41, 5.74) is 0.507. The number of hydrogen-bond acceptors (Lipinski definition) is 3. The second kappa shape index (κ2) is 4.12. The van der Waals surface area contributed by atoms with Crippen LogP contribution in [-0.2, 0) is 10.0 Å². The van der Waals surface area contributed by atoms with Gasteiger partial charge in [0.15, 0.2) is 5.78 Å². The Morgan fingerprint density at radius 2 is 1.60 bits per heavy atom. The van der Waals surface area contributed by atoms with Crippen LogP contribution in [0.5, 0.6) is 0 Å². The van der Waals surface area contributed by atoms with E-state index in [-0.39, 0.29) is 10.7 Å². The van der Waals surface area contributed by atoms with Gasteiger partial charge in [-0.3, -0.25) is 4.79 Å². The van der Waals surface area contributed by atoms with Gasteiger partial charge in [-0.15, -0.1) is 0 Å². The van der Waals surface area contributed by atoms with Crippen molar-refractivity contribution in [2.75, 3.05) is 14.1 Å². The number of rotatable bonds is 3. The van der Waals surface area contributed by atoms with E-state index in [9.17, 15) is 13.2 Å². The third-order valence-electron chi connectivity index (χ3n) is 2.04. The first-order valence-corrected chi connectivity index (χ1v) is 5.83. The van der Waals surface area contributed by atoms with Crippen LogP contribution in [0.3, 0.4) is 0 Å². The van der Waals surface area contributed by atoms with Gasteiger partial charge in [0.2, 0.25) is 10.0 Å². The molecule has 0 saturated heterocycles. The minimum absolute atomic E-state index is 0.0798. The highest BCUT2D eigenvalue weighted by atomic mass is 32.2. The van der Waals surface area contributed by atoms with Crippen LogP contribution >= 0.6 is 0 Å². The molecule has 0 fully saturated rings. The average molecular weight is 227 g/mol. The number of sulfonamides is 1. The smallest absolute Gasteiger partial charge is 0.242 e. The number of carbonyl (C=O) groups is 1. The van der Waals surface area contributed by atoms with Gasteiger partial charge >= 0.3 is 0 Å². The van der Waals surface area contributed by atoms with Crippen LogP contribution in [0.25, 0.3) is 0 Å². The monoisotopic (exact) mass is 227 g/mol. The van der Waals surface area contributed by atoms with Gasteiger partial charge in [0.25, 0.3) is 0 Å². The summed E-state index contributed by atoms with van der Waals surface area (Å²) in [6.07, 6.45) is 0. The lowest BCUT2D eigenvalue weighted by atomic mass is 10.2. The Bertz CT molecular complexity index is 460. The van der Waals surface area contributed by atoms with E-state index in [1.165, 1.54) is 45.3 Å². The molecule has 5 heteroatoms. The van der Waals surface area contributed by atoms with Crippen molar-refractivity contribution in [2.45, 2.75) is 11.8 Å². The first kappa shape index (κ1) is 11.9. The standard InChI is InChI=1S/C10H13NO3S/c1-8(12)9-4-6-10(7-5-9)15(13,14)11(2)3/h4-7H,1-3H3. The molecule has 82 valence electrons. The molecular formula is C10H13NO3S. The fourth-order valence-electron chi connectivity index (χ4n) is 1.07. The summed E-state index contributed by atoms with van der Waals surface area (Å²) in [4.78, 5) is 11.2. The van der Waals surface area contributed by atoms with Gasteiger partial charge in [0, 0.05) is 19.7 Å². The summed E-state index contributed by atoms with van der Waals surface area (Å²) < 4.78 is 24.4. The van der Waals surface area contributed by atoms with Gasteiger partial charge in [-0.2, -0.15) is 0 Å². The van der Waals surface area contributed by atoms with E-state index in [1.807, 2.05) is 0 Å². The molecule has 15 heavy (non-hydrogen) atoms. The van der Waals surface area contributed by atoms with Crippen LogP contribution in [0.2, 0.25) is 0 Å². The molecule has 1 aromatic carbocycles. The molecule has 0 aromatic heterocycles. The van der Waals surface area contributed by atoms with E-state index >= 15 is 0 Å². The molecule has 0 unspecified atom stereocenters. The van der Waals surface area contributed by atoms with E-state index in [2.05, 4.69) is 0 Å². The van der Waals surface area contributed by atoms with E-state index in [4.69, 9.17) is 0 Å². The Balaban J connectivity index is 3.15. The summed E-state index contributed by atoms with van der Waals surface area (Å²) in [6.45, 7) is 1.44. The predicted octanol–water partition coefficient (Wildman–Crippen LogP) is 1.14. The Kier molecular flexibility index (Phi) is 3.26. The van der Waals surface area contributed by atoms with Crippen molar-refractivity contribution in [3.8, 4) is 0 Å². The summed E-state index contributed by atoms with van der Waals surface area (Å²) in [5.74, 6) is -0.0798. The van der Waals surface area contributed by atoms with Crippen molar-refractivity contribution in [1.82, 2.24) is 4.31 Å².